The van der Waals surface area contributed by atoms with E-state index in [0.717, 1.165) is 27.0 Å². The summed E-state index contributed by atoms with van der Waals surface area (Å²) in [6.45, 7) is 2.37. The first-order chi connectivity index (χ1) is 14.6. The molecule has 0 aliphatic rings. The number of aryl methyl sites for hydroxylation is 3. The highest BCUT2D eigenvalue weighted by atomic mass is 35.5. The van der Waals surface area contributed by atoms with Gasteiger partial charge in [0.2, 0.25) is 0 Å². The van der Waals surface area contributed by atoms with Crippen molar-refractivity contribution in [3.63, 3.8) is 0 Å². The topological polar surface area (TPSA) is 73.6 Å². The van der Waals surface area contributed by atoms with E-state index >= 15 is 0 Å². The van der Waals surface area contributed by atoms with Gasteiger partial charge in [-0.15, -0.1) is 16.4 Å². The highest BCUT2D eigenvalue weighted by Crippen LogP contribution is 2.32. The zero-order valence-corrected chi connectivity index (χ0v) is 17.6. The standard InChI is InChI=1S/C22H16ClN5OS/c1-13-17-18-19(22(29)28(27-26-18)12-11-14-5-3-2-4-6-14)30-21(17)25-20(24-13)15-7-9-16(23)10-8-15/h2-10H,11-12H2,1H3. The minimum Gasteiger partial charge on any atom is -0.266 e. The maximum atomic E-state index is 13.0. The highest BCUT2D eigenvalue weighted by Gasteiger charge is 2.18. The molecule has 0 amide bonds. The molecule has 5 aromatic rings. The molecule has 3 heterocycles. The lowest BCUT2D eigenvalue weighted by molar-refractivity contribution is 0.551. The molecular weight excluding hydrogens is 418 g/mol. The molecule has 5 rings (SSSR count). The fourth-order valence-electron chi connectivity index (χ4n) is 3.40. The van der Waals surface area contributed by atoms with E-state index in [2.05, 4.69) is 20.3 Å². The van der Waals surface area contributed by atoms with Gasteiger partial charge in [-0.3, -0.25) is 4.79 Å². The Labute approximate surface area is 180 Å². The number of nitrogens with zero attached hydrogens (tertiary/aromatic N) is 5. The van der Waals surface area contributed by atoms with E-state index in [4.69, 9.17) is 11.6 Å². The van der Waals surface area contributed by atoms with Crippen LogP contribution >= 0.6 is 22.9 Å². The van der Waals surface area contributed by atoms with Gasteiger partial charge in [-0.25, -0.2) is 14.6 Å². The predicted octanol–water partition coefficient (Wildman–Crippen LogP) is 4.67. The Kier molecular flexibility index (Phi) is 4.77. The van der Waals surface area contributed by atoms with Gasteiger partial charge in [-0.2, -0.15) is 0 Å². The Bertz CT molecular complexity index is 1430. The molecular formula is C22H16ClN5OS. The number of hydrogen-bond donors (Lipinski definition) is 0. The summed E-state index contributed by atoms with van der Waals surface area (Å²) in [6, 6.07) is 17.4. The molecule has 8 heteroatoms. The summed E-state index contributed by atoms with van der Waals surface area (Å²) in [5, 5.41) is 9.95. The average Bonchev–Trinajstić information content (AvgIpc) is 3.14. The van der Waals surface area contributed by atoms with Gasteiger partial charge in [-0.05, 0) is 43.2 Å². The molecule has 3 aromatic heterocycles. The maximum Gasteiger partial charge on any atom is 0.287 e. The Hall–Kier alpha value is -3.16. The summed E-state index contributed by atoms with van der Waals surface area (Å²) in [4.78, 5) is 23.1. The van der Waals surface area contributed by atoms with Crippen LogP contribution in [-0.2, 0) is 13.0 Å². The molecule has 2 aromatic carbocycles. The second-order valence-electron chi connectivity index (χ2n) is 6.95. The number of fused-ring (bicyclic) bond motifs is 3. The van der Waals surface area contributed by atoms with E-state index in [1.165, 1.54) is 16.0 Å². The molecule has 0 fully saturated rings. The van der Waals surface area contributed by atoms with Gasteiger partial charge in [0.1, 0.15) is 15.0 Å². The molecule has 6 nitrogen and oxygen atoms in total. The van der Waals surface area contributed by atoms with E-state index in [-0.39, 0.29) is 5.56 Å². The number of thiophene rings is 1. The molecule has 0 atom stereocenters. The second kappa shape index (κ2) is 7.59. The van der Waals surface area contributed by atoms with Crippen LogP contribution in [0.2, 0.25) is 5.02 Å². The summed E-state index contributed by atoms with van der Waals surface area (Å²) < 4.78 is 1.98. The summed E-state index contributed by atoms with van der Waals surface area (Å²) >= 11 is 7.32. The first kappa shape index (κ1) is 18.8. The third kappa shape index (κ3) is 3.36. The highest BCUT2D eigenvalue weighted by molar-refractivity contribution is 7.25. The largest absolute Gasteiger partial charge is 0.287 e. The molecule has 148 valence electrons. The lowest BCUT2D eigenvalue weighted by Gasteiger charge is -2.04. The van der Waals surface area contributed by atoms with Gasteiger partial charge in [-0.1, -0.05) is 47.1 Å². The summed E-state index contributed by atoms with van der Waals surface area (Å²) in [5.41, 5.74) is 3.21. The Morgan fingerprint density at radius 2 is 1.80 bits per heavy atom. The first-order valence-corrected chi connectivity index (χ1v) is 10.6. The Balaban J connectivity index is 1.58. The maximum absolute atomic E-state index is 13.0. The van der Waals surface area contributed by atoms with Crippen LogP contribution in [-0.4, -0.2) is 25.0 Å². The second-order valence-corrected chi connectivity index (χ2v) is 8.39. The van der Waals surface area contributed by atoms with Crippen LogP contribution in [0.5, 0.6) is 0 Å². The van der Waals surface area contributed by atoms with Crippen LogP contribution in [0.15, 0.2) is 59.4 Å². The average molecular weight is 434 g/mol. The van der Waals surface area contributed by atoms with Crippen molar-refractivity contribution in [1.82, 2.24) is 25.0 Å². The van der Waals surface area contributed by atoms with Gasteiger partial charge in [0, 0.05) is 10.6 Å². The normalized spacial score (nSPS) is 11.4. The van der Waals surface area contributed by atoms with Gasteiger partial charge < -0.3 is 0 Å². The Morgan fingerprint density at radius 1 is 1.03 bits per heavy atom. The third-order valence-corrected chi connectivity index (χ3v) is 6.26. The number of benzene rings is 2. The molecule has 30 heavy (non-hydrogen) atoms. The van der Waals surface area contributed by atoms with Crippen LogP contribution in [0.1, 0.15) is 11.3 Å². The lowest BCUT2D eigenvalue weighted by Crippen LogP contribution is -2.24. The van der Waals surface area contributed by atoms with Crippen LogP contribution < -0.4 is 5.56 Å². The number of halogens is 1. The summed E-state index contributed by atoms with van der Waals surface area (Å²) in [7, 11) is 0. The van der Waals surface area contributed by atoms with Gasteiger partial charge >= 0.3 is 0 Å². The molecule has 0 bridgehead atoms. The predicted molar refractivity (Wildman–Crippen MR) is 120 cm³/mol. The first-order valence-electron chi connectivity index (χ1n) is 9.44. The van der Waals surface area contributed by atoms with Crippen molar-refractivity contribution in [2.75, 3.05) is 0 Å². The van der Waals surface area contributed by atoms with Crippen molar-refractivity contribution < 1.29 is 0 Å². The number of rotatable bonds is 4. The molecule has 0 saturated carbocycles. The number of hydrogen-bond acceptors (Lipinski definition) is 6. The van der Waals surface area contributed by atoms with Crippen LogP contribution in [0.4, 0.5) is 0 Å². The SMILES string of the molecule is Cc1nc(-c2ccc(Cl)cc2)nc2sc3c(=O)n(CCc4ccccc4)nnc3c12. The Morgan fingerprint density at radius 3 is 2.57 bits per heavy atom. The quantitative estimate of drug-likeness (QED) is 0.412. The smallest absolute Gasteiger partial charge is 0.266 e. The molecule has 0 spiro atoms. The zero-order valence-electron chi connectivity index (χ0n) is 16.0. The summed E-state index contributed by atoms with van der Waals surface area (Å²) in [6.07, 6.45) is 0.714. The minimum absolute atomic E-state index is 0.147. The third-order valence-electron chi connectivity index (χ3n) is 4.95. The fraction of sp³-hybridized carbons (Fsp3) is 0.136. The van der Waals surface area contributed by atoms with E-state index < -0.39 is 0 Å². The van der Waals surface area contributed by atoms with Gasteiger partial charge in [0.25, 0.3) is 5.56 Å². The van der Waals surface area contributed by atoms with Crippen LogP contribution in [0.25, 0.3) is 31.8 Å². The minimum atomic E-state index is -0.147. The van der Waals surface area contributed by atoms with Crippen molar-refractivity contribution in [2.24, 2.45) is 0 Å². The van der Waals surface area contributed by atoms with Crippen molar-refractivity contribution in [2.45, 2.75) is 19.9 Å². The van der Waals surface area contributed by atoms with Crippen LogP contribution in [0.3, 0.4) is 0 Å². The molecule has 0 radical (unpaired) electrons. The van der Waals surface area contributed by atoms with Gasteiger partial charge in [0.05, 0.1) is 17.6 Å². The lowest BCUT2D eigenvalue weighted by atomic mass is 10.1. The van der Waals surface area contributed by atoms with Gasteiger partial charge in [0.15, 0.2) is 5.82 Å². The van der Waals surface area contributed by atoms with Crippen LogP contribution in [0, 0.1) is 6.92 Å². The van der Waals surface area contributed by atoms with E-state index in [9.17, 15) is 4.79 Å². The fourth-order valence-corrected chi connectivity index (χ4v) is 4.63. The molecule has 0 saturated heterocycles. The molecule has 0 aliphatic heterocycles. The van der Waals surface area contributed by atoms with Crippen molar-refractivity contribution >= 4 is 43.4 Å². The zero-order chi connectivity index (χ0) is 20.7. The van der Waals surface area contributed by atoms with E-state index in [0.29, 0.717) is 34.0 Å². The monoisotopic (exact) mass is 433 g/mol. The van der Waals surface area contributed by atoms with Crippen molar-refractivity contribution in [3.8, 4) is 11.4 Å². The molecule has 0 unspecified atom stereocenters. The molecule has 0 aliphatic carbocycles. The van der Waals surface area contributed by atoms with Crippen molar-refractivity contribution in [3.05, 3.63) is 81.2 Å². The van der Waals surface area contributed by atoms with E-state index in [1.807, 2.05) is 61.5 Å². The number of aromatic nitrogens is 5. The summed E-state index contributed by atoms with van der Waals surface area (Å²) in [5.74, 6) is 0.598. The van der Waals surface area contributed by atoms with E-state index in [1.54, 1.807) is 0 Å². The van der Waals surface area contributed by atoms with Crippen molar-refractivity contribution in [1.29, 1.82) is 0 Å². The molecule has 0 N–H and O–H groups in total.